The van der Waals surface area contributed by atoms with Gasteiger partial charge in [-0.15, -0.1) is 23.1 Å². The second-order valence-corrected chi connectivity index (χ2v) is 13.2. The van der Waals surface area contributed by atoms with Crippen molar-refractivity contribution in [2.24, 2.45) is 0 Å². The Kier molecular flexibility index (Phi) is 7.28. The summed E-state index contributed by atoms with van der Waals surface area (Å²) in [7, 11) is 1.89. The second kappa shape index (κ2) is 10.9. The third-order valence-electron chi connectivity index (χ3n) is 8.27. The first-order valence-electron chi connectivity index (χ1n) is 13.7. The first-order chi connectivity index (χ1) is 19.8. The molecule has 2 fully saturated rings. The van der Waals surface area contributed by atoms with Gasteiger partial charge < -0.3 is 31.3 Å². The Morgan fingerprint density at radius 3 is 2.76 bits per heavy atom. The van der Waals surface area contributed by atoms with Crippen LogP contribution >= 0.6 is 23.1 Å². The van der Waals surface area contributed by atoms with E-state index >= 15 is 0 Å². The molecule has 41 heavy (non-hydrogen) atoms. The summed E-state index contributed by atoms with van der Waals surface area (Å²) in [6, 6.07) is 8.72. The summed E-state index contributed by atoms with van der Waals surface area (Å²) in [6.45, 7) is 4.64. The molecule has 2 atom stereocenters. The van der Waals surface area contributed by atoms with E-state index in [1.165, 1.54) is 16.2 Å². The van der Waals surface area contributed by atoms with Crippen molar-refractivity contribution < 1.29 is 4.74 Å². The van der Waals surface area contributed by atoms with Gasteiger partial charge in [-0.2, -0.15) is 20.5 Å². The van der Waals surface area contributed by atoms with Gasteiger partial charge in [-0.25, -0.2) is 4.98 Å². The predicted octanol–water partition coefficient (Wildman–Crippen LogP) is 3.52. The van der Waals surface area contributed by atoms with E-state index in [0.29, 0.717) is 53.3 Å². The van der Waals surface area contributed by atoms with Crippen LogP contribution in [0.4, 0.5) is 22.5 Å². The molecule has 6 rings (SSSR count). The number of aromatic nitrogens is 3. The average Bonchev–Trinajstić information content (AvgIpc) is 3.50. The number of nitrogens with one attached hydrogen (secondary N) is 1. The van der Waals surface area contributed by atoms with Crippen LogP contribution in [-0.4, -0.2) is 54.3 Å². The van der Waals surface area contributed by atoms with Gasteiger partial charge in [0.05, 0.1) is 16.4 Å². The molecule has 6 heterocycles. The van der Waals surface area contributed by atoms with Gasteiger partial charge in [0.1, 0.15) is 35.1 Å². The smallest absolute Gasteiger partial charge is 0.320 e. The predicted molar refractivity (Wildman–Crippen MR) is 162 cm³/mol. The summed E-state index contributed by atoms with van der Waals surface area (Å²) in [5.74, 6) is 2.26. The highest BCUT2D eigenvalue weighted by Crippen LogP contribution is 2.58. The number of nitrogens with two attached hydrogens (primary N) is 2. The molecule has 0 saturated carbocycles. The summed E-state index contributed by atoms with van der Waals surface area (Å²) >= 11 is 3.34. The number of nitriles is 2. The van der Waals surface area contributed by atoms with Gasteiger partial charge in [-0.1, -0.05) is 12.5 Å². The van der Waals surface area contributed by atoms with Crippen molar-refractivity contribution in [1.29, 1.82) is 10.5 Å². The lowest BCUT2D eigenvalue weighted by molar-refractivity contribution is 0.224. The summed E-state index contributed by atoms with van der Waals surface area (Å²) in [6.07, 6.45) is 5.02. The number of anilines is 4. The summed E-state index contributed by atoms with van der Waals surface area (Å²) in [4.78, 5) is 19.0. The van der Waals surface area contributed by atoms with E-state index in [9.17, 15) is 10.5 Å². The van der Waals surface area contributed by atoms with Crippen LogP contribution in [-0.2, 0) is 10.5 Å². The Morgan fingerprint density at radius 2 is 2.05 bits per heavy atom. The maximum absolute atomic E-state index is 10.4. The summed E-state index contributed by atoms with van der Waals surface area (Å²) < 4.78 is 5.92. The SMILES string of the molecule is C[C@H](c1cccnc1N)N(C)c1nc(OC[C@@H]2CCCCN2)nc(N2CC3(C2)SCc2sc(N)c(C#N)c23)c1C#N. The molecule has 0 aliphatic carbocycles. The molecule has 0 bridgehead atoms. The van der Waals surface area contributed by atoms with E-state index in [1.807, 2.05) is 42.8 Å². The quantitative estimate of drug-likeness (QED) is 0.368. The van der Waals surface area contributed by atoms with Gasteiger partial charge in [-0.3, -0.25) is 0 Å². The van der Waals surface area contributed by atoms with Crippen LogP contribution in [0.15, 0.2) is 18.3 Å². The number of thioether (sulfide) groups is 1. The van der Waals surface area contributed by atoms with Crippen molar-refractivity contribution in [3.8, 4) is 18.1 Å². The van der Waals surface area contributed by atoms with Gasteiger partial charge in [0.25, 0.3) is 0 Å². The third kappa shape index (κ3) is 4.78. The summed E-state index contributed by atoms with van der Waals surface area (Å²) in [5.41, 5.74) is 15.2. The standard InChI is InChI=1S/C28H32N10OS2/c1-16(18-7-5-9-34-23(18)31)37(2)25-20(11-30)26(36-27(35-25)39-12-17-6-3-4-8-33-17)38-14-28(15-38)22-19(10-29)24(32)41-21(22)13-40-28/h5,7,9,16-17,33H,3-4,6,8,12-15,32H2,1-2H3,(H2,31,34)/t16-,17+/m1/s1. The molecule has 5 N–H and O–H groups in total. The molecule has 3 aromatic rings. The monoisotopic (exact) mass is 588 g/mol. The van der Waals surface area contributed by atoms with E-state index in [1.54, 1.807) is 6.20 Å². The van der Waals surface area contributed by atoms with Crippen LogP contribution in [0.5, 0.6) is 6.01 Å². The van der Waals surface area contributed by atoms with Crippen LogP contribution < -0.4 is 31.3 Å². The Balaban J connectivity index is 1.35. The number of piperidine rings is 1. The number of nitrogens with zero attached hydrogens (tertiary/aromatic N) is 7. The fourth-order valence-electron chi connectivity index (χ4n) is 5.92. The largest absolute Gasteiger partial charge is 0.462 e. The number of pyridine rings is 1. The normalized spacial score (nSPS) is 19.6. The molecular weight excluding hydrogens is 557 g/mol. The lowest BCUT2D eigenvalue weighted by Gasteiger charge is -2.48. The maximum Gasteiger partial charge on any atom is 0.320 e. The second-order valence-electron chi connectivity index (χ2n) is 10.8. The first kappa shape index (κ1) is 27.4. The number of ether oxygens (including phenoxy) is 1. The molecule has 0 aromatic carbocycles. The molecule has 3 aliphatic heterocycles. The number of hydrogen-bond donors (Lipinski definition) is 3. The van der Waals surface area contributed by atoms with E-state index in [0.717, 1.165) is 42.7 Å². The lowest BCUT2D eigenvalue weighted by atomic mass is 9.88. The molecule has 3 aromatic heterocycles. The van der Waals surface area contributed by atoms with Crippen molar-refractivity contribution in [2.45, 2.75) is 48.8 Å². The molecule has 3 aliphatic rings. The molecule has 0 radical (unpaired) electrons. The van der Waals surface area contributed by atoms with Crippen LogP contribution in [0.25, 0.3) is 0 Å². The zero-order chi connectivity index (χ0) is 28.7. The van der Waals surface area contributed by atoms with Crippen molar-refractivity contribution in [2.75, 3.05) is 54.6 Å². The van der Waals surface area contributed by atoms with Gasteiger partial charge in [-0.05, 0) is 32.4 Å². The zero-order valence-corrected chi connectivity index (χ0v) is 24.7. The molecule has 13 heteroatoms. The molecule has 0 amide bonds. The van der Waals surface area contributed by atoms with Crippen molar-refractivity contribution in [3.63, 3.8) is 0 Å². The molecule has 0 unspecified atom stereocenters. The number of thiophene rings is 1. The minimum atomic E-state index is -0.247. The summed E-state index contributed by atoms with van der Waals surface area (Å²) in [5, 5.41) is 24.3. The minimum Gasteiger partial charge on any atom is -0.462 e. The van der Waals surface area contributed by atoms with Gasteiger partial charge in [0.2, 0.25) is 0 Å². The Bertz CT molecular complexity index is 1550. The Hall–Kier alpha value is -3.78. The lowest BCUT2D eigenvalue weighted by Crippen LogP contribution is -2.57. The van der Waals surface area contributed by atoms with Crippen molar-refractivity contribution in [3.05, 3.63) is 45.5 Å². The van der Waals surface area contributed by atoms with Crippen LogP contribution in [0, 0.1) is 22.7 Å². The van der Waals surface area contributed by atoms with E-state index in [4.69, 9.17) is 26.2 Å². The van der Waals surface area contributed by atoms with Crippen LogP contribution in [0.2, 0.25) is 0 Å². The molecule has 212 valence electrons. The van der Waals surface area contributed by atoms with Crippen LogP contribution in [0.1, 0.15) is 59.4 Å². The average molecular weight is 589 g/mol. The molecule has 2 saturated heterocycles. The molecule has 11 nitrogen and oxygen atoms in total. The topological polar surface area (TPSA) is 166 Å². The number of fused-ring (bicyclic) bond motifs is 2. The fraction of sp³-hybridized carbons (Fsp3) is 0.464. The molecule has 1 spiro atoms. The van der Waals surface area contributed by atoms with E-state index < -0.39 is 0 Å². The van der Waals surface area contributed by atoms with Gasteiger partial charge >= 0.3 is 6.01 Å². The number of nitrogen functional groups attached to an aromatic ring is 2. The fourth-order valence-corrected chi connectivity index (χ4v) is 8.73. The Morgan fingerprint density at radius 1 is 1.24 bits per heavy atom. The van der Waals surface area contributed by atoms with Crippen molar-refractivity contribution in [1.82, 2.24) is 20.3 Å². The van der Waals surface area contributed by atoms with E-state index in [2.05, 4.69) is 27.3 Å². The zero-order valence-electron chi connectivity index (χ0n) is 23.1. The van der Waals surface area contributed by atoms with Gasteiger partial charge in [0, 0.05) is 54.1 Å². The highest BCUT2D eigenvalue weighted by molar-refractivity contribution is 8.00. The van der Waals surface area contributed by atoms with Gasteiger partial charge in [0.15, 0.2) is 11.6 Å². The molecular formula is C28H32N10OS2. The van der Waals surface area contributed by atoms with E-state index in [-0.39, 0.29) is 22.8 Å². The van der Waals surface area contributed by atoms with Crippen LogP contribution in [0.3, 0.4) is 0 Å². The highest BCUT2D eigenvalue weighted by Gasteiger charge is 2.53. The number of rotatable bonds is 7. The Labute approximate surface area is 247 Å². The highest BCUT2D eigenvalue weighted by atomic mass is 32.2. The van der Waals surface area contributed by atoms with Crippen molar-refractivity contribution >= 4 is 45.6 Å². The third-order valence-corrected chi connectivity index (χ3v) is 10.9. The number of hydrogen-bond acceptors (Lipinski definition) is 13. The minimum absolute atomic E-state index is 0.214. The maximum atomic E-state index is 10.4. The first-order valence-corrected chi connectivity index (χ1v) is 15.5.